The molecule has 0 radical (unpaired) electrons. The van der Waals surface area contributed by atoms with E-state index in [-0.39, 0.29) is 23.1 Å². The van der Waals surface area contributed by atoms with Crippen LogP contribution in [0.25, 0.3) is 10.8 Å². The summed E-state index contributed by atoms with van der Waals surface area (Å²) in [6.07, 6.45) is 0.350. The van der Waals surface area contributed by atoms with Crippen molar-refractivity contribution in [3.05, 3.63) is 119 Å². The molecule has 1 heterocycles. The molecule has 1 unspecified atom stereocenters. The number of ether oxygens (including phenoxy) is 1. The predicted molar refractivity (Wildman–Crippen MR) is 157 cm³/mol. The van der Waals surface area contributed by atoms with Crippen LogP contribution in [0.2, 0.25) is 0 Å². The zero-order valence-corrected chi connectivity index (χ0v) is 22.5. The number of benzene rings is 4. The number of para-hydroxylation sites is 1. The molecule has 1 aliphatic rings. The fraction of sp³-hybridized carbons (Fsp3) is 0.125. The number of carbonyl (C=O) groups excluding carboxylic acids is 3. The van der Waals surface area contributed by atoms with Gasteiger partial charge in [0.1, 0.15) is 16.7 Å². The van der Waals surface area contributed by atoms with Gasteiger partial charge in [0.05, 0.1) is 17.4 Å². The number of amides is 2. The maximum Gasteiger partial charge on any atom is 0.338 e. The molecule has 4 aromatic carbocycles. The zero-order chi connectivity index (χ0) is 28.1. The van der Waals surface area contributed by atoms with E-state index in [4.69, 9.17) is 4.74 Å². The van der Waals surface area contributed by atoms with Gasteiger partial charge in [0.15, 0.2) is 0 Å². The number of fused-ring (bicyclic) bond motifs is 1. The van der Waals surface area contributed by atoms with Crippen LogP contribution in [-0.4, -0.2) is 29.6 Å². The van der Waals surface area contributed by atoms with Crippen LogP contribution in [-0.2, 0) is 20.7 Å². The Morgan fingerprint density at radius 3 is 2.38 bits per heavy atom. The molecule has 2 amide bonds. The molecule has 0 aliphatic carbocycles. The van der Waals surface area contributed by atoms with Crippen molar-refractivity contribution in [1.82, 2.24) is 0 Å². The van der Waals surface area contributed by atoms with Crippen molar-refractivity contribution in [2.24, 2.45) is 0 Å². The highest BCUT2D eigenvalue weighted by Gasteiger charge is 2.40. The third-order valence-electron chi connectivity index (χ3n) is 6.44. The lowest BCUT2D eigenvalue weighted by atomic mass is 10.1. The van der Waals surface area contributed by atoms with Gasteiger partial charge in [0, 0.05) is 16.8 Å². The van der Waals surface area contributed by atoms with E-state index in [9.17, 15) is 19.6 Å². The lowest BCUT2D eigenvalue weighted by Gasteiger charge is -2.18. The highest BCUT2D eigenvalue weighted by Crippen LogP contribution is 2.42. The minimum atomic E-state index is -0.588. The van der Waals surface area contributed by atoms with Crippen LogP contribution < -0.4 is 10.2 Å². The predicted octanol–water partition coefficient (Wildman–Crippen LogP) is 6.08. The van der Waals surface area contributed by atoms with E-state index < -0.39 is 17.1 Å². The molecule has 1 atom stereocenters. The van der Waals surface area contributed by atoms with Crippen LogP contribution in [0, 0.1) is 11.3 Å². The van der Waals surface area contributed by atoms with E-state index >= 15 is 0 Å². The van der Waals surface area contributed by atoms with E-state index in [1.165, 1.54) is 16.7 Å². The molecule has 4 aromatic rings. The number of carbonyl (C=O) groups is 3. The third-order valence-corrected chi connectivity index (χ3v) is 7.71. The van der Waals surface area contributed by atoms with E-state index in [1.54, 1.807) is 61.5 Å². The Labute approximate surface area is 236 Å². The monoisotopic (exact) mass is 547 g/mol. The van der Waals surface area contributed by atoms with Gasteiger partial charge >= 0.3 is 5.97 Å². The average molecular weight is 548 g/mol. The van der Waals surface area contributed by atoms with Crippen molar-refractivity contribution < 1.29 is 19.1 Å². The van der Waals surface area contributed by atoms with Gasteiger partial charge < -0.3 is 10.1 Å². The SMILES string of the molecule is CCOC(=O)c1ccc(CC2SC(=C(C#N)C(=O)Nc3cccc4ccccc34)N(c3ccccc3)C2=O)cc1. The number of anilines is 2. The number of esters is 1. The average Bonchev–Trinajstić information content (AvgIpc) is 3.29. The molecule has 8 heteroatoms. The van der Waals surface area contributed by atoms with Gasteiger partial charge in [-0.2, -0.15) is 5.26 Å². The van der Waals surface area contributed by atoms with Crippen LogP contribution >= 0.6 is 11.8 Å². The molecule has 198 valence electrons. The maximum absolute atomic E-state index is 13.7. The number of nitrogens with one attached hydrogen (secondary N) is 1. The molecular weight excluding hydrogens is 522 g/mol. The molecular formula is C32H25N3O4S. The third kappa shape index (κ3) is 5.46. The van der Waals surface area contributed by atoms with E-state index in [2.05, 4.69) is 11.4 Å². The smallest absolute Gasteiger partial charge is 0.338 e. The summed E-state index contributed by atoms with van der Waals surface area (Å²) in [7, 11) is 0. The van der Waals surface area contributed by atoms with E-state index in [0.717, 1.165) is 16.3 Å². The van der Waals surface area contributed by atoms with Crippen LogP contribution in [0.3, 0.4) is 0 Å². The van der Waals surface area contributed by atoms with Crippen LogP contribution in [0.15, 0.2) is 108 Å². The topological polar surface area (TPSA) is 99.5 Å². The Morgan fingerprint density at radius 1 is 0.950 bits per heavy atom. The first-order chi connectivity index (χ1) is 19.5. The fourth-order valence-electron chi connectivity index (χ4n) is 4.52. The summed E-state index contributed by atoms with van der Waals surface area (Å²) in [4.78, 5) is 40.7. The summed E-state index contributed by atoms with van der Waals surface area (Å²) < 4.78 is 5.04. The number of hydrogen-bond donors (Lipinski definition) is 1. The highest BCUT2D eigenvalue weighted by molar-refractivity contribution is 8.05. The first kappa shape index (κ1) is 26.7. The van der Waals surface area contributed by atoms with E-state index in [0.29, 0.717) is 23.4 Å². The molecule has 1 saturated heterocycles. The number of thioether (sulfide) groups is 1. The second-order valence-corrected chi connectivity index (χ2v) is 10.2. The molecule has 40 heavy (non-hydrogen) atoms. The van der Waals surface area contributed by atoms with Crippen molar-refractivity contribution in [2.75, 3.05) is 16.8 Å². The molecule has 0 spiro atoms. The van der Waals surface area contributed by atoms with Gasteiger partial charge in [0.25, 0.3) is 5.91 Å². The molecule has 5 rings (SSSR count). The number of hydrogen-bond acceptors (Lipinski definition) is 6. The maximum atomic E-state index is 13.7. The zero-order valence-electron chi connectivity index (χ0n) is 21.7. The minimum Gasteiger partial charge on any atom is -0.462 e. The van der Waals surface area contributed by atoms with Gasteiger partial charge in [-0.25, -0.2) is 4.79 Å². The first-order valence-corrected chi connectivity index (χ1v) is 13.6. The Kier molecular flexibility index (Phi) is 7.94. The summed E-state index contributed by atoms with van der Waals surface area (Å²) >= 11 is 1.19. The van der Waals surface area contributed by atoms with Crippen molar-refractivity contribution in [3.8, 4) is 6.07 Å². The van der Waals surface area contributed by atoms with Crippen LogP contribution in [0.4, 0.5) is 11.4 Å². The van der Waals surface area contributed by atoms with Crippen molar-refractivity contribution in [3.63, 3.8) is 0 Å². The van der Waals surface area contributed by atoms with Crippen molar-refractivity contribution in [1.29, 1.82) is 5.26 Å². The largest absolute Gasteiger partial charge is 0.462 e. The lowest BCUT2D eigenvalue weighted by Crippen LogP contribution is -2.30. The van der Waals surface area contributed by atoms with Gasteiger partial charge in [-0.15, -0.1) is 0 Å². The number of nitriles is 1. The van der Waals surface area contributed by atoms with Gasteiger partial charge in [-0.1, -0.05) is 78.5 Å². The van der Waals surface area contributed by atoms with Crippen LogP contribution in [0.1, 0.15) is 22.8 Å². The van der Waals surface area contributed by atoms with Crippen molar-refractivity contribution in [2.45, 2.75) is 18.6 Å². The normalized spacial score (nSPS) is 15.9. The molecule has 0 aromatic heterocycles. The summed E-state index contributed by atoms with van der Waals surface area (Å²) in [6, 6.07) is 31.1. The van der Waals surface area contributed by atoms with Gasteiger partial charge in [-0.3, -0.25) is 14.5 Å². The number of nitrogens with zero attached hydrogens (tertiary/aromatic N) is 2. The lowest BCUT2D eigenvalue weighted by molar-refractivity contribution is -0.117. The quantitative estimate of drug-likeness (QED) is 0.171. The Balaban J connectivity index is 1.47. The molecule has 7 nitrogen and oxygen atoms in total. The Hall–Kier alpha value is -4.87. The summed E-state index contributed by atoms with van der Waals surface area (Å²) in [5.74, 6) is -1.22. The second-order valence-electron chi connectivity index (χ2n) is 9.01. The molecule has 0 saturated carbocycles. The minimum absolute atomic E-state index is 0.143. The Morgan fingerprint density at radius 2 is 1.65 bits per heavy atom. The second kappa shape index (κ2) is 11.9. The Bertz CT molecular complexity index is 1650. The summed E-state index contributed by atoms with van der Waals surface area (Å²) in [5, 5.41) is 14.5. The molecule has 1 aliphatic heterocycles. The van der Waals surface area contributed by atoms with Gasteiger partial charge in [-0.05, 0) is 54.6 Å². The molecule has 0 bridgehead atoms. The van der Waals surface area contributed by atoms with Crippen molar-refractivity contribution >= 4 is 51.7 Å². The summed E-state index contributed by atoms with van der Waals surface area (Å²) in [5.41, 5.74) is 2.28. The number of rotatable bonds is 7. The van der Waals surface area contributed by atoms with Crippen LogP contribution in [0.5, 0.6) is 0 Å². The molecule has 1 N–H and O–H groups in total. The first-order valence-electron chi connectivity index (χ1n) is 12.8. The fourth-order valence-corrected chi connectivity index (χ4v) is 5.83. The standard InChI is InChI=1S/C32H25N3O4S/c1-2-39-32(38)23-17-15-21(16-18-23)19-28-30(37)35(24-11-4-3-5-12-24)31(40-28)26(20-33)29(36)34-27-14-8-10-22-9-6-7-13-25(22)27/h3-18,28H,2,19H2,1H3,(H,34,36). The van der Waals surface area contributed by atoms with E-state index in [1.807, 2.05) is 42.5 Å². The summed E-state index contributed by atoms with van der Waals surface area (Å²) in [6.45, 7) is 2.03. The molecule has 1 fully saturated rings. The van der Waals surface area contributed by atoms with Gasteiger partial charge in [0.2, 0.25) is 5.91 Å². The highest BCUT2D eigenvalue weighted by atomic mass is 32.2.